The zero-order valence-electron chi connectivity index (χ0n) is 14.8. The highest BCUT2D eigenvalue weighted by atomic mass is 79.9. The lowest BCUT2D eigenvalue weighted by Crippen LogP contribution is -2.18. The molecule has 0 heterocycles. The number of hydrogen-bond acceptors (Lipinski definition) is 4. The van der Waals surface area contributed by atoms with Crippen molar-refractivity contribution in [3.8, 4) is 5.75 Å². The largest absolute Gasteiger partial charge is 0.488 e. The monoisotopic (exact) mass is 496 g/mol. The second kappa shape index (κ2) is 9.39. The maximum Gasteiger partial charge on any atom is 0.276 e. The van der Waals surface area contributed by atoms with Crippen LogP contribution in [0.3, 0.4) is 0 Å². The van der Waals surface area contributed by atoms with Crippen LogP contribution in [0.25, 0.3) is 0 Å². The molecule has 3 aromatic rings. The third-order valence-electron chi connectivity index (χ3n) is 3.78. The Hall–Kier alpha value is -2.42. The Morgan fingerprint density at radius 3 is 2.45 bits per heavy atom. The Balaban J connectivity index is 1.73. The molecule has 0 aliphatic rings. The van der Waals surface area contributed by atoms with Crippen LogP contribution in [0.2, 0.25) is 5.02 Å². The fraction of sp³-hybridized carbons (Fsp3) is 0.0500. The van der Waals surface area contributed by atoms with Gasteiger partial charge in [-0.2, -0.15) is 13.5 Å². The first-order valence-corrected chi connectivity index (χ1v) is 11.0. The van der Waals surface area contributed by atoms with Gasteiger partial charge in [-0.15, -0.1) is 0 Å². The molecule has 0 aromatic heterocycles. The molecule has 0 spiro atoms. The molecule has 150 valence electrons. The second-order valence-corrected chi connectivity index (χ2v) is 8.92. The van der Waals surface area contributed by atoms with E-state index in [0.29, 0.717) is 16.3 Å². The van der Waals surface area contributed by atoms with E-state index in [4.69, 9.17) is 16.3 Å². The topological polar surface area (TPSA) is 67.8 Å². The van der Waals surface area contributed by atoms with Crippen molar-refractivity contribution in [2.75, 3.05) is 0 Å². The predicted octanol–water partition coefficient (Wildman–Crippen LogP) is 5.13. The van der Waals surface area contributed by atoms with Crippen molar-refractivity contribution in [2.45, 2.75) is 11.5 Å². The van der Waals surface area contributed by atoms with Gasteiger partial charge >= 0.3 is 0 Å². The van der Waals surface area contributed by atoms with Gasteiger partial charge < -0.3 is 4.74 Å². The maximum atomic E-state index is 13.0. The van der Waals surface area contributed by atoms with Crippen LogP contribution in [0, 0.1) is 5.82 Å². The molecule has 0 radical (unpaired) electrons. The molecular weight excluding hydrogens is 483 g/mol. The lowest BCUT2D eigenvalue weighted by atomic mass is 10.2. The zero-order chi connectivity index (χ0) is 20.9. The van der Waals surface area contributed by atoms with Gasteiger partial charge in [-0.25, -0.2) is 9.22 Å². The summed E-state index contributed by atoms with van der Waals surface area (Å²) in [5.41, 5.74) is 1.35. The van der Waals surface area contributed by atoms with Gasteiger partial charge in [0.2, 0.25) is 0 Å². The van der Waals surface area contributed by atoms with Gasteiger partial charge in [-0.1, -0.05) is 39.7 Å². The minimum Gasteiger partial charge on any atom is -0.488 e. The molecule has 0 saturated heterocycles. The van der Waals surface area contributed by atoms with Crippen LogP contribution in [-0.2, 0) is 16.6 Å². The highest BCUT2D eigenvalue weighted by Gasteiger charge is 2.12. The van der Waals surface area contributed by atoms with Gasteiger partial charge in [-0.05, 0) is 60.2 Å². The summed E-state index contributed by atoms with van der Waals surface area (Å²) >= 11 is 9.14. The van der Waals surface area contributed by atoms with Crippen molar-refractivity contribution in [1.82, 2.24) is 4.83 Å². The quantitative estimate of drug-likeness (QED) is 0.363. The van der Waals surface area contributed by atoms with Gasteiger partial charge in [0.25, 0.3) is 10.0 Å². The van der Waals surface area contributed by atoms with E-state index in [1.807, 2.05) is 0 Å². The Kier molecular flexibility index (Phi) is 6.89. The summed E-state index contributed by atoms with van der Waals surface area (Å²) in [6, 6.07) is 16.9. The van der Waals surface area contributed by atoms with Gasteiger partial charge in [0, 0.05) is 15.1 Å². The van der Waals surface area contributed by atoms with E-state index < -0.39 is 10.0 Å². The lowest BCUT2D eigenvalue weighted by Gasteiger charge is -2.10. The van der Waals surface area contributed by atoms with Gasteiger partial charge in [0.05, 0.1) is 11.1 Å². The molecule has 0 fully saturated rings. The third kappa shape index (κ3) is 6.03. The van der Waals surface area contributed by atoms with Crippen LogP contribution in [0.15, 0.2) is 81.2 Å². The number of sulfonamides is 1. The summed E-state index contributed by atoms with van der Waals surface area (Å²) in [5.74, 6) is 0.171. The van der Waals surface area contributed by atoms with Crippen molar-refractivity contribution in [2.24, 2.45) is 5.10 Å². The van der Waals surface area contributed by atoms with Crippen molar-refractivity contribution in [1.29, 1.82) is 0 Å². The summed E-state index contributed by atoms with van der Waals surface area (Å²) in [4.78, 5) is 2.20. The van der Waals surface area contributed by atoms with Gasteiger partial charge in [-0.3, -0.25) is 0 Å². The number of halogens is 3. The fourth-order valence-electron chi connectivity index (χ4n) is 2.33. The van der Waals surface area contributed by atoms with E-state index in [-0.39, 0.29) is 17.3 Å². The number of rotatable bonds is 7. The van der Waals surface area contributed by atoms with Crippen LogP contribution in [0.4, 0.5) is 4.39 Å². The van der Waals surface area contributed by atoms with Crippen LogP contribution in [-0.4, -0.2) is 14.6 Å². The molecule has 5 nitrogen and oxygen atoms in total. The highest BCUT2D eigenvalue weighted by molar-refractivity contribution is 9.10. The normalized spacial score (nSPS) is 11.6. The van der Waals surface area contributed by atoms with E-state index in [9.17, 15) is 12.8 Å². The van der Waals surface area contributed by atoms with E-state index >= 15 is 0 Å². The first-order chi connectivity index (χ1) is 13.8. The standard InChI is InChI=1S/C20H15BrClFN2O3S/c21-16-3-10-20(28-13-14-1-6-18(23)7-2-14)15(11-16)12-24-25-29(26,27)19-8-4-17(22)5-9-19/h1-12,25H,13H2/b24-12+. The first-order valence-electron chi connectivity index (χ1n) is 8.31. The van der Waals surface area contributed by atoms with Crippen molar-refractivity contribution < 1.29 is 17.5 Å². The Labute approximate surface area is 181 Å². The Morgan fingerprint density at radius 2 is 1.76 bits per heavy atom. The maximum absolute atomic E-state index is 13.0. The molecule has 0 atom stereocenters. The summed E-state index contributed by atoms with van der Waals surface area (Å²) in [5, 5.41) is 4.27. The van der Waals surface area contributed by atoms with Gasteiger partial charge in [0.15, 0.2) is 0 Å². The number of hydrazone groups is 1. The number of ether oxygens (including phenoxy) is 1. The molecule has 3 aromatic carbocycles. The number of benzene rings is 3. The summed E-state index contributed by atoms with van der Waals surface area (Å²) in [6.45, 7) is 0.221. The van der Waals surface area contributed by atoms with Crippen molar-refractivity contribution in [3.63, 3.8) is 0 Å². The third-order valence-corrected chi connectivity index (χ3v) is 5.76. The Bertz CT molecular complexity index is 1120. The van der Waals surface area contributed by atoms with Crippen LogP contribution in [0.5, 0.6) is 5.75 Å². The summed E-state index contributed by atoms with van der Waals surface area (Å²) in [7, 11) is -3.82. The van der Waals surface area contributed by atoms with Crippen LogP contribution < -0.4 is 9.57 Å². The number of nitrogens with zero attached hydrogens (tertiary/aromatic N) is 1. The zero-order valence-corrected chi connectivity index (χ0v) is 18.0. The molecule has 0 amide bonds. The van der Waals surface area contributed by atoms with Crippen LogP contribution in [0.1, 0.15) is 11.1 Å². The van der Waals surface area contributed by atoms with E-state index in [1.165, 1.54) is 42.6 Å². The predicted molar refractivity (Wildman–Crippen MR) is 114 cm³/mol. The molecular formula is C20H15BrClFN2O3S. The molecule has 9 heteroatoms. The summed E-state index contributed by atoms with van der Waals surface area (Å²) in [6.07, 6.45) is 1.35. The molecule has 1 N–H and O–H groups in total. The number of hydrogen-bond donors (Lipinski definition) is 1. The highest BCUT2D eigenvalue weighted by Crippen LogP contribution is 2.23. The SMILES string of the molecule is O=S(=O)(N/N=C/c1cc(Br)ccc1OCc1ccc(F)cc1)c1ccc(Cl)cc1. The van der Waals surface area contributed by atoms with Crippen molar-refractivity contribution >= 4 is 43.8 Å². The molecule has 0 saturated carbocycles. The molecule has 0 unspecified atom stereocenters. The van der Waals surface area contributed by atoms with E-state index in [2.05, 4.69) is 25.9 Å². The van der Waals surface area contributed by atoms with E-state index in [1.54, 1.807) is 30.3 Å². The molecule has 0 aliphatic carbocycles. The molecule has 0 aliphatic heterocycles. The smallest absolute Gasteiger partial charge is 0.276 e. The van der Waals surface area contributed by atoms with Crippen molar-refractivity contribution in [3.05, 3.63) is 93.2 Å². The lowest BCUT2D eigenvalue weighted by molar-refractivity contribution is 0.305. The average molecular weight is 498 g/mol. The molecule has 3 rings (SSSR count). The van der Waals surface area contributed by atoms with E-state index in [0.717, 1.165) is 10.0 Å². The summed E-state index contributed by atoms with van der Waals surface area (Å²) < 4.78 is 44.1. The average Bonchev–Trinajstić information content (AvgIpc) is 2.69. The minimum atomic E-state index is -3.82. The molecule has 0 bridgehead atoms. The number of nitrogens with one attached hydrogen (secondary N) is 1. The van der Waals surface area contributed by atoms with Crippen LogP contribution >= 0.6 is 27.5 Å². The minimum absolute atomic E-state index is 0.0427. The fourth-order valence-corrected chi connectivity index (χ4v) is 3.62. The van der Waals surface area contributed by atoms with Gasteiger partial charge in [0.1, 0.15) is 18.2 Å². The Morgan fingerprint density at radius 1 is 1.07 bits per heavy atom. The first kappa shape index (κ1) is 21.3. The second-order valence-electron chi connectivity index (χ2n) is 5.90. The molecule has 29 heavy (non-hydrogen) atoms.